The van der Waals surface area contributed by atoms with Crippen LogP contribution in [0.4, 0.5) is 5.69 Å². The third-order valence-corrected chi connectivity index (χ3v) is 5.63. The highest BCUT2D eigenvalue weighted by Crippen LogP contribution is 2.36. The maximum Gasteiger partial charge on any atom is 0.251 e. The first-order valence-corrected chi connectivity index (χ1v) is 9.56. The Bertz CT molecular complexity index is 753. The van der Waals surface area contributed by atoms with Gasteiger partial charge in [0.2, 0.25) is 0 Å². The van der Waals surface area contributed by atoms with E-state index in [1.807, 2.05) is 17.8 Å². The fourth-order valence-corrected chi connectivity index (χ4v) is 4.02. The highest BCUT2D eigenvalue weighted by molar-refractivity contribution is 7.99. The van der Waals surface area contributed by atoms with Gasteiger partial charge in [-0.1, -0.05) is 29.8 Å². The lowest BCUT2D eigenvalue weighted by atomic mass is 10.1. The molecule has 24 heavy (non-hydrogen) atoms. The van der Waals surface area contributed by atoms with Gasteiger partial charge >= 0.3 is 0 Å². The molecule has 124 valence electrons. The van der Waals surface area contributed by atoms with Crippen molar-refractivity contribution in [3.05, 3.63) is 59.2 Å². The molecule has 1 aliphatic carbocycles. The fraction of sp³-hybridized carbons (Fsp3) is 0.350. The second-order valence-corrected chi connectivity index (χ2v) is 7.82. The lowest BCUT2D eigenvalue weighted by molar-refractivity contribution is 0.0951. The maximum absolute atomic E-state index is 12.3. The van der Waals surface area contributed by atoms with Gasteiger partial charge in [0, 0.05) is 35.3 Å². The van der Waals surface area contributed by atoms with Gasteiger partial charge in [0.05, 0.1) is 5.69 Å². The van der Waals surface area contributed by atoms with E-state index in [2.05, 4.69) is 53.5 Å². The number of aryl methyl sites for hydroxylation is 1. The molecule has 1 N–H and O–H groups in total. The van der Waals surface area contributed by atoms with Crippen molar-refractivity contribution in [1.29, 1.82) is 0 Å². The zero-order valence-corrected chi connectivity index (χ0v) is 14.7. The monoisotopic (exact) mass is 338 g/mol. The number of fused-ring (bicyclic) bond motifs is 1. The molecule has 4 heteroatoms. The van der Waals surface area contributed by atoms with Gasteiger partial charge in [-0.25, -0.2) is 0 Å². The number of benzene rings is 2. The van der Waals surface area contributed by atoms with E-state index in [0.717, 1.165) is 37.2 Å². The molecule has 0 aromatic heterocycles. The average molecular weight is 338 g/mol. The van der Waals surface area contributed by atoms with Crippen molar-refractivity contribution in [2.45, 2.75) is 37.2 Å². The molecule has 0 spiro atoms. The van der Waals surface area contributed by atoms with Gasteiger partial charge in [0.1, 0.15) is 0 Å². The van der Waals surface area contributed by atoms with E-state index in [0.29, 0.717) is 6.04 Å². The molecule has 3 nitrogen and oxygen atoms in total. The summed E-state index contributed by atoms with van der Waals surface area (Å²) < 4.78 is 0. The van der Waals surface area contributed by atoms with Crippen molar-refractivity contribution >= 4 is 23.4 Å². The number of carbonyl (C=O) groups excluding carboxylic acids is 1. The zero-order chi connectivity index (χ0) is 16.5. The third-order valence-electron chi connectivity index (χ3n) is 4.59. The lowest BCUT2D eigenvalue weighted by Gasteiger charge is -2.31. The van der Waals surface area contributed by atoms with Crippen LogP contribution in [0.15, 0.2) is 47.4 Å². The Labute approximate surface area is 147 Å². The Balaban J connectivity index is 1.57. The maximum atomic E-state index is 12.3. The number of rotatable bonds is 4. The van der Waals surface area contributed by atoms with E-state index < -0.39 is 0 Å². The predicted octanol–water partition coefficient (Wildman–Crippen LogP) is 4.00. The molecule has 0 saturated heterocycles. The summed E-state index contributed by atoms with van der Waals surface area (Å²) >= 11 is 1.88. The van der Waals surface area contributed by atoms with E-state index in [4.69, 9.17) is 0 Å². The van der Waals surface area contributed by atoms with Gasteiger partial charge in [0.25, 0.3) is 5.91 Å². The van der Waals surface area contributed by atoms with E-state index in [9.17, 15) is 4.79 Å². The molecule has 2 aliphatic rings. The topological polar surface area (TPSA) is 32.3 Å². The van der Waals surface area contributed by atoms with Crippen LogP contribution in [0.5, 0.6) is 0 Å². The van der Waals surface area contributed by atoms with Crippen molar-refractivity contribution in [1.82, 2.24) is 5.32 Å². The summed E-state index contributed by atoms with van der Waals surface area (Å²) in [6, 6.07) is 15.2. The molecule has 1 aliphatic heterocycles. The molecule has 0 unspecified atom stereocenters. The van der Waals surface area contributed by atoms with Crippen molar-refractivity contribution in [2.24, 2.45) is 0 Å². The number of thioether (sulfide) groups is 1. The predicted molar refractivity (Wildman–Crippen MR) is 99.9 cm³/mol. The number of nitrogens with one attached hydrogen (secondary N) is 1. The van der Waals surface area contributed by atoms with Crippen LogP contribution < -0.4 is 10.2 Å². The molecule has 1 saturated carbocycles. The van der Waals surface area contributed by atoms with Crippen molar-refractivity contribution in [2.75, 3.05) is 17.2 Å². The van der Waals surface area contributed by atoms with Crippen LogP contribution in [-0.4, -0.2) is 24.2 Å². The molecule has 0 bridgehead atoms. The number of hydrogen-bond donors (Lipinski definition) is 1. The van der Waals surface area contributed by atoms with Gasteiger partial charge in [0.15, 0.2) is 0 Å². The molecule has 1 fully saturated rings. The minimum Gasteiger partial charge on any atom is -0.365 e. The highest BCUT2D eigenvalue weighted by atomic mass is 32.2. The first kappa shape index (κ1) is 15.6. The molecule has 1 amide bonds. The van der Waals surface area contributed by atoms with Crippen molar-refractivity contribution in [3.8, 4) is 0 Å². The van der Waals surface area contributed by atoms with Crippen LogP contribution in [0.2, 0.25) is 0 Å². The molecule has 0 atom stereocenters. The molecular weight excluding hydrogens is 316 g/mol. The summed E-state index contributed by atoms with van der Waals surface area (Å²) in [5.74, 6) is 1.15. The standard InChI is InChI=1S/C20H22N2OS/c1-14-2-4-15(5-3-14)13-22-10-11-24-19-9-6-16(12-18(19)22)20(23)21-17-7-8-17/h2-6,9,12,17H,7-8,10-11,13H2,1H3,(H,21,23). The van der Waals surface area contributed by atoms with E-state index in [1.54, 1.807) is 0 Å². The first-order chi connectivity index (χ1) is 11.7. The van der Waals surface area contributed by atoms with Gasteiger partial charge in [-0.05, 0) is 43.5 Å². The summed E-state index contributed by atoms with van der Waals surface area (Å²) in [5.41, 5.74) is 4.56. The number of anilines is 1. The van der Waals surface area contributed by atoms with Crippen molar-refractivity contribution in [3.63, 3.8) is 0 Å². The van der Waals surface area contributed by atoms with Gasteiger partial charge in [-0.15, -0.1) is 11.8 Å². The second kappa shape index (κ2) is 6.52. The smallest absolute Gasteiger partial charge is 0.251 e. The SMILES string of the molecule is Cc1ccc(CN2CCSc3ccc(C(=O)NC4CC4)cc32)cc1. The van der Waals surface area contributed by atoms with Crippen LogP contribution in [0.1, 0.15) is 34.3 Å². The fourth-order valence-electron chi connectivity index (χ4n) is 2.99. The molecule has 0 radical (unpaired) electrons. The molecule has 2 aromatic carbocycles. The highest BCUT2D eigenvalue weighted by Gasteiger charge is 2.25. The Morgan fingerprint density at radius 3 is 2.75 bits per heavy atom. The first-order valence-electron chi connectivity index (χ1n) is 8.57. The average Bonchev–Trinajstić information content (AvgIpc) is 3.41. The summed E-state index contributed by atoms with van der Waals surface area (Å²) in [4.78, 5) is 16.0. The zero-order valence-electron chi connectivity index (χ0n) is 13.9. The van der Waals surface area contributed by atoms with E-state index >= 15 is 0 Å². The van der Waals surface area contributed by atoms with Gasteiger partial charge < -0.3 is 10.2 Å². The summed E-state index contributed by atoms with van der Waals surface area (Å²) in [6.45, 7) is 4.02. The van der Waals surface area contributed by atoms with Crippen LogP contribution in [0.3, 0.4) is 0 Å². The van der Waals surface area contributed by atoms with Crippen LogP contribution >= 0.6 is 11.8 Å². The number of amides is 1. The Kier molecular flexibility index (Phi) is 4.23. The quantitative estimate of drug-likeness (QED) is 0.914. The molecular formula is C20H22N2OS. The van der Waals surface area contributed by atoms with Gasteiger partial charge in [-0.2, -0.15) is 0 Å². The van der Waals surface area contributed by atoms with Crippen LogP contribution in [0.25, 0.3) is 0 Å². The minimum absolute atomic E-state index is 0.0613. The van der Waals surface area contributed by atoms with Gasteiger partial charge in [-0.3, -0.25) is 4.79 Å². The normalized spacial score (nSPS) is 16.6. The molecule has 1 heterocycles. The van der Waals surface area contributed by atoms with E-state index in [1.165, 1.54) is 21.7 Å². The minimum atomic E-state index is 0.0613. The van der Waals surface area contributed by atoms with Crippen LogP contribution in [-0.2, 0) is 6.54 Å². The summed E-state index contributed by atoms with van der Waals surface area (Å²) in [6.07, 6.45) is 2.23. The summed E-state index contributed by atoms with van der Waals surface area (Å²) in [7, 11) is 0. The molecule has 2 aromatic rings. The number of carbonyl (C=O) groups is 1. The Morgan fingerprint density at radius 2 is 2.00 bits per heavy atom. The Hall–Kier alpha value is -1.94. The molecule has 4 rings (SSSR count). The largest absolute Gasteiger partial charge is 0.365 e. The van der Waals surface area contributed by atoms with Crippen molar-refractivity contribution < 1.29 is 4.79 Å². The third kappa shape index (κ3) is 3.44. The number of nitrogens with zero attached hydrogens (tertiary/aromatic N) is 1. The summed E-state index contributed by atoms with van der Waals surface area (Å²) in [5, 5.41) is 3.08. The van der Waals surface area contributed by atoms with E-state index in [-0.39, 0.29) is 5.91 Å². The number of hydrogen-bond acceptors (Lipinski definition) is 3. The lowest BCUT2D eigenvalue weighted by Crippen LogP contribution is -2.30. The Morgan fingerprint density at radius 1 is 1.21 bits per heavy atom. The second-order valence-electron chi connectivity index (χ2n) is 6.69. The van der Waals surface area contributed by atoms with Crippen LogP contribution in [0, 0.1) is 6.92 Å².